The first-order chi connectivity index (χ1) is 13.6. The summed E-state index contributed by atoms with van der Waals surface area (Å²) in [5.74, 6) is -0.160. The van der Waals surface area contributed by atoms with Crippen LogP contribution in [0.1, 0.15) is 105 Å². The van der Waals surface area contributed by atoms with Gasteiger partial charge in [-0.25, -0.2) is 0 Å². The number of benzene rings is 1. The summed E-state index contributed by atoms with van der Waals surface area (Å²) in [6, 6.07) is 5.77. The van der Waals surface area contributed by atoms with E-state index in [1.54, 1.807) is 0 Å². The molecule has 1 aromatic rings. The second-order valence-corrected chi connectivity index (χ2v) is 8.82. The Morgan fingerprint density at radius 2 is 1.96 bits per heavy atom. The minimum Gasteiger partial charge on any atom is -0.508 e. The summed E-state index contributed by atoms with van der Waals surface area (Å²) in [4.78, 5) is 0. The largest absolute Gasteiger partial charge is 0.508 e. The Balaban J connectivity index is 2.25. The van der Waals surface area contributed by atoms with Crippen LogP contribution in [-0.2, 0) is 5.41 Å². The number of hydrogen-bond donors (Lipinski definition) is 3. The van der Waals surface area contributed by atoms with E-state index >= 15 is 0 Å². The van der Waals surface area contributed by atoms with Crippen LogP contribution in [0.25, 0.3) is 0 Å². The van der Waals surface area contributed by atoms with Gasteiger partial charge in [0.15, 0.2) is 0 Å². The Morgan fingerprint density at radius 1 is 1.19 bits per heavy atom. The zero-order valence-electron chi connectivity index (χ0n) is 19.4. The van der Waals surface area contributed by atoms with Crippen LogP contribution in [0, 0.1) is 5.92 Å². The molecule has 0 saturated heterocycles. The lowest BCUT2D eigenvalue weighted by Gasteiger charge is -2.35. The highest BCUT2D eigenvalue weighted by molar-refractivity contribution is 5.42. The second-order valence-electron chi connectivity index (χ2n) is 8.82. The lowest BCUT2D eigenvalue weighted by molar-refractivity contribution is 0.0879. The maximum absolute atomic E-state index is 10.9. The lowest BCUT2D eigenvalue weighted by atomic mass is 9.71. The molecule has 3 heteroatoms. The first-order valence-corrected chi connectivity index (χ1v) is 10.7. The van der Waals surface area contributed by atoms with Crippen molar-refractivity contribution >= 4 is 0 Å². The average molecular weight is 379 g/mol. The first kappa shape index (κ1) is 19.3. The Hall–Kier alpha value is -1.06. The fraction of sp³-hybridized carbons (Fsp3) is 0.750. The predicted molar refractivity (Wildman–Crippen MR) is 112 cm³/mol. The van der Waals surface area contributed by atoms with Crippen LogP contribution in [-0.4, -0.2) is 28.0 Å². The standard InChI is InChI=1S/C24H40O3/c1-4-5-6-7-14-24(2,3)19-11-13-21(23(27)16-19)22-17-20(26)12-10-18(22)9-8-15-25/h11,13,16,18,20,22,25-27H,4-10,12,14-15,17H2,1-3H3/i17D,20D. The zero-order chi connectivity index (χ0) is 21.7. The molecule has 27 heavy (non-hydrogen) atoms. The van der Waals surface area contributed by atoms with Crippen LogP contribution in [0.15, 0.2) is 18.2 Å². The van der Waals surface area contributed by atoms with Crippen LogP contribution in [0.4, 0.5) is 0 Å². The van der Waals surface area contributed by atoms with Gasteiger partial charge in [0.1, 0.15) is 5.75 Å². The Morgan fingerprint density at radius 3 is 2.63 bits per heavy atom. The number of hydrogen-bond acceptors (Lipinski definition) is 3. The average Bonchev–Trinajstić information content (AvgIpc) is 2.67. The second kappa shape index (κ2) is 10.5. The zero-order valence-corrected chi connectivity index (χ0v) is 17.4. The molecule has 4 atom stereocenters. The molecular weight excluding hydrogens is 336 g/mol. The van der Waals surface area contributed by atoms with Gasteiger partial charge >= 0.3 is 0 Å². The summed E-state index contributed by atoms with van der Waals surface area (Å²) in [6.07, 6.45) is 5.34. The fourth-order valence-corrected chi connectivity index (χ4v) is 4.35. The molecule has 3 nitrogen and oxygen atoms in total. The van der Waals surface area contributed by atoms with Gasteiger partial charge in [-0.3, -0.25) is 0 Å². The van der Waals surface area contributed by atoms with Crippen molar-refractivity contribution < 1.29 is 18.1 Å². The van der Waals surface area contributed by atoms with E-state index in [9.17, 15) is 15.3 Å². The summed E-state index contributed by atoms with van der Waals surface area (Å²) < 4.78 is 16.7. The predicted octanol–water partition coefficient (Wildman–Crippen LogP) is 5.66. The number of aromatic hydroxyl groups is 1. The monoisotopic (exact) mass is 378 g/mol. The molecule has 0 amide bonds. The SMILES string of the molecule is [2H]C1C(c2ccc(C(C)(C)CCCCCC)cc2O)C(CCCO)CCC1([2H])O. The van der Waals surface area contributed by atoms with Crippen molar-refractivity contribution in [3.8, 4) is 5.75 Å². The quantitative estimate of drug-likeness (QED) is 0.461. The van der Waals surface area contributed by atoms with E-state index < -0.39 is 18.4 Å². The molecule has 1 fully saturated rings. The number of aliphatic hydroxyl groups excluding tert-OH is 1. The minimum absolute atomic E-state index is 0.0386. The molecule has 0 bridgehead atoms. The van der Waals surface area contributed by atoms with Crippen LogP contribution in [0.5, 0.6) is 5.75 Å². The highest BCUT2D eigenvalue weighted by Gasteiger charge is 2.32. The molecule has 0 spiro atoms. The van der Waals surface area contributed by atoms with Gasteiger partial charge in [-0.1, -0.05) is 58.6 Å². The molecule has 0 aliphatic heterocycles. The highest BCUT2D eigenvalue weighted by atomic mass is 16.3. The molecule has 4 unspecified atom stereocenters. The maximum atomic E-state index is 10.9. The third-order valence-electron chi connectivity index (χ3n) is 6.21. The maximum Gasteiger partial charge on any atom is 0.119 e. The van der Waals surface area contributed by atoms with Crippen molar-refractivity contribution in [3.63, 3.8) is 0 Å². The molecule has 3 N–H and O–H groups in total. The van der Waals surface area contributed by atoms with Gasteiger partial charge < -0.3 is 15.3 Å². The molecule has 154 valence electrons. The fourth-order valence-electron chi connectivity index (χ4n) is 4.35. The third-order valence-corrected chi connectivity index (χ3v) is 6.21. The molecular formula is C24H40O3. The summed E-state index contributed by atoms with van der Waals surface area (Å²) in [5.41, 5.74) is 1.70. The molecule has 1 aliphatic carbocycles. The first-order valence-electron chi connectivity index (χ1n) is 11.8. The van der Waals surface area contributed by atoms with Gasteiger partial charge in [0.25, 0.3) is 0 Å². The smallest absolute Gasteiger partial charge is 0.119 e. The van der Waals surface area contributed by atoms with Gasteiger partial charge in [-0.05, 0) is 72.9 Å². The third kappa shape index (κ3) is 6.22. The van der Waals surface area contributed by atoms with Crippen molar-refractivity contribution in [2.24, 2.45) is 5.92 Å². The van der Waals surface area contributed by atoms with Crippen LogP contribution >= 0.6 is 0 Å². The van der Waals surface area contributed by atoms with Crippen LogP contribution < -0.4 is 0 Å². The van der Waals surface area contributed by atoms with Gasteiger partial charge in [-0.2, -0.15) is 0 Å². The number of phenolic OH excluding ortho intramolecular Hbond substituents is 1. The van der Waals surface area contributed by atoms with Crippen LogP contribution in [0.3, 0.4) is 0 Å². The van der Waals surface area contributed by atoms with E-state index in [-0.39, 0.29) is 30.1 Å². The molecule has 2 rings (SSSR count). The summed E-state index contributed by atoms with van der Waals surface area (Å²) in [6.45, 7) is 6.70. The number of rotatable bonds is 10. The molecule has 0 heterocycles. The topological polar surface area (TPSA) is 60.7 Å². The van der Waals surface area contributed by atoms with Gasteiger partial charge in [0.05, 0.1) is 7.45 Å². The molecule has 1 saturated carbocycles. The van der Waals surface area contributed by atoms with E-state index in [4.69, 9.17) is 2.74 Å². The van der Waals surface area contributed by atoms with E-state index in [2.05, 4.69) is 20.8 Å². The van der Waals surface area contributed by atoms with E-state index in [1.807, 2.05) is 18.2 Å². The van der Waals surface area contributed by atoms with Crippen molar-refractivity contribution in [3.05, 3.63) is 29.3 Å². The molecule has 1 aromatic carbocycles. The molecule has 1 aliphatic rings. The Bertz CT molecular complexity index is 645. The Labute approximate surface area is 168 Å². The normalized spacial score (nSPS) is 30.0. The lowest BCUT2D eigenvalue weighted by Crippen LogP contribution is -2.27. The number of phenols is 1. The van der Waals surface area contributed by atoms with E-state index in [0.717, 1.165) is 24.8 Å². The van der Waals surface area contributed by atoms with Crippen molar-refractivity contribution in [1.29, 1.82) is 0 Å². The minimum atomic E-state index is -1.80. The van der Waals surface area contributed by atoms with Gasteiger partial charge in [0, 0.05) is 7.98 Å². The van der Waals surface area contributed by atoms with E-state index in [0.29, 0.717) is 18.4 Å². The summed E-state index contributed by atoms with van der Waals surface area (Å²) in [5, 5.41) is 30.5. The Kier molecular flexibility index (Phi) is 7.47. The van der Waals surface area contributed by atoms with Gasteiger partial charge in [0.2, 0.25) is 0 Å². The highest BCUT2D eigenvalue weighted by Crippen LogP contribution is 2.44. The van der Waals surface area contributed by atoms with Crippen molar-refractivity contribution in [1.82, 2.24) is 0 Å². The van der Waals surface area contributed by atoms with E-state index in [1.165, 1.54) is 19.3 Å². The van der Waals surface area contributed by atoms with Gasteiger partial charge in [-0.15, -0.1) is 0 Å². The summed E-state index contributed by atoms with van der Waals surface area (Å²) in [7, 11) is 0. The molecule has 0 radical (unpaired) electrons. The molecule has 0 aromatic heterocycles. The van der Waals surface area contributed by atoms with Crippen molar-refractivity contribution in [2.75, 3.05) is 6.61 Å². The van der Waals surface area contributed by atoms with Crippen molar-refractivity contribution in [2.45, 2.75) is 102 Å². The van der Waals surface area contributed by atoms with Crippen LogP contribution in [0.2, 0.25) is 0 Å². The number of aliphatic hydroxyl groups is 2. The number of unbranched alkanes of at least 4 members (excludes halogenated alkanes) is 3. The summed E-state index contributed by atoms with van der Waals surface area (Å²) >= 11 is 0.